The van der Waals surface area contributed by atoms with Crippen molar-refractivity contribution in [3.05, 3.63) is 47.4 Å². The summed E-state index contributed by atoms with van der Waals surface area (Å²) in [4.78, 5) is 20.8. The molecule has 0 spiro atoms. The Morgan fingerprint density at radius 3 is 2.81 bits per heavy atom. The minimum atomic E-state index is -0.156. The highest BCUT2D eigenvalue weighted by Gasteiger charge is 2.10. The molecule has 5 nitrogen and oxygen atoms in total. The highest BCUT2D eigenvalue weighted by molar-refractivity contribution is 6.05. The van der Waals surface area contributed by atoms with Crippen molar-refractivity contribution < 1.29 is 4.79 Å². The highest BCUT2D eigenvalue weighted by Crippen LogP contribution is 2.15. The summed E-state index contributed by atoms with van der Waals surface area (Å²) in [6.07, 6.45) is 4.36. The molecular weight excluding hydrogens is 264 g/mol. The molecule has 2 heterocycles. The van der Waals surface area contributed by atoms with Gasteiger partial charge in [-0.1, -0.05) is 6.92 Å². The number of nitrogens with one attached hydrogen (secondary N) is 2. The quantitative estimate of drug-likeness (QED) is 0.885. The molecule has 0 aromatic carbocycles. The van der Waals surface area contributed by atoms with Crippen LogP contribution in [-0.2, 0) is 0 Å². The maximum atomic E-state index is 12.4. The molecular formula is C16H20N4O. The molecule has 0 aliphatic rings. The van der Waals surface area contributed by atoms with Crippen molar-refractivity contribution in [3.8, 4) is 0 Å². The number of pyridine rings is 2. The fourth-order valence-corrected chi connectivity index (χ4v) is 1.93. The first-order valence-electron chi connectivity index (χ1n) is 7.04. The first kappa shape index (κ1) is 15.0. The predicted molar refractivity (Wildman–Crippen MR) is 84.7 cm³/mol. The molecule has 0 atom stereocenters. The molecule has 0 bridgehead atoms. The third-order valence-electron chi connectivity index (χ3n) is 3.06. The number of carbonyl (C=O) groups excluding carboxylic acids is 1. The largest absolute Gasteiger partial charge is 0.370 e. The normalized spacial score (nSPS) is 10.2. The smallest absolute Gasteiger partial charge is 0.255 e. The van der Waals surface area contributed by atoms with E-state index in [4.69, 9.17) is 0 Å². The van der Waals surface area contributed by atoms with Crippen LogP contribution >= 0.6 is 0 Å². The molecule has 2 aromatic rings. The van der Waals surface area contributed by atoms with E-state index < -0.39 is 0 Å². The van der Waals surface area contributed by atoms with Gasteiger partial charge in [0.05, 0.1) is 11.9 Å². The Kier molecular flexibility index (Phi) is 4.87. The van der Waals surface area contributed by atoms with Crippen LogP contribution in [0.15, 0.2) is 30.6 Å². The van der Waals surface area contributed by atoms with Gasteiger partial charge in [0, 0.05) is 24.0 Å². The Bertz CT molecular complexity index is 640. The van der Waals surface area contributed by atoms with Gasteiger partial charge in [0.2, 0.25) is 0 Å². The number of hydrogen-bond donors (Lipinski definition) is 2. The first-order chi connectivity index (χ1) is 10.1. The van der Waals surface area contributed by atoms with Gasteiger partial charge in [0.25, 0.3) is 5.91 Å². The van der Waals surface area contributed by atoms with E-state index in [9.17, 15) is 4.79 Å². The predicted octanol–water partition coefficient (Wildman–Crippen LogP) is 3.17. The van der Waals surface area contributed by atoms with Crippen molar-refractivity contribution in [1.82, 2.24) is 9.97 Å². The molecule has 2 N–H and O–H groups in total. The minimum absolute atomic E-state index is 0.156. The second-order valence-electron chi connectivity index (χ2n) is 4.95. The van der Waals surface area contributed by atoms with Gasteiger partial charge in [-0.15, -0.1) is 0 Å². The maximum Gasteiger partial charge on any atom is 0.255 e. The summed E-state index contributed by atoms with van der Waals surface area (Å²) < 4.78 is 0. The van der Waals surface area contributed by atoms with Gasteiger partial charge in [-0.3, -0.25) is 9.78 Å². The summed E-state index contributed by atoms with van der Waals surface area (Å²) in [5, 5.41) is 6.08. The summed E-state index contributed by atoms with van der Waals surface area (Å²) >= 11 is 0. The molecule has 0 unspecified atom stereocenters. The van der Waals surface area contributed by atoms with Gasteiger partial charge in [0.1, 0.15) is 5.82 Å². The van der Waals surface area contributed by atoms with E-state index >= 15 is 0 Å². The van der Waals surface area contributed by atoms with Crippen LogP contribution < -0.4 is 10.6 Å². The van der Waals surface area contributed by atoms with Gasteiger partial charge in [-0.25, -0.2) is 4.98 Å². The number of amides is 1. The Balaban J connectivity index is 2.19. The molecule has 0 fully saturated rings. The maximum absolute atomic E-state index is 12.4. The Morgan fingerprint density at radius 2 is 2.10 bits per heavy atom. The van der Waals surface area contributed by atoms with Crippen molar-refractivity contribution in [3.63, 3.8) is 0 Å². The third kappa shape index (κ3) is 4.02. The summed E-state index contributed by atoms with van der Waals surface area (Å²) in [6, 6.07) is 5.41. The number of anilines is 2. The molecule has 0 radical (unpaired) electrons. The lowest BCUT2D eigenvalue weighted by atomic mass is 10.2. The number of nitrogens with zero attached hydrogens (tertiary/aromatic N) is 2. The molecule has 110 valence electrons. The standard InChI is InChI=1S/C16H20N4O/c1-4-6-18-15-9-13(8-12(3)19-15)16(21)20-14-10-17-7-5-11(14)2/h5,7-10H,4,6H2,1-3H3,(H,18,19)(H,20,21). The fraction of sp³-hybridized carbons (Fsp3) is 0.312. The van der Waals surface area contributed by atoms with Crippen molar-refractivity contribution in [1.29, 1.82) is 0 Å². The molecule has 2 rings (SSSR count). The zero-order valence-electron chi connectivity index (χ0n) is 12.6. The number of carbonyl (C=O) groups is 1. The van der Waals surface area contributed by atoms with E-state index in [0.29, 0.717) is 5.56 Å². The van der Waals surface area contributed by atoms with E-state index in [-0.39, 0.29) is 5.91 Å². The summed E-state index contributed by atoms with van der Waals surface area (Å²) in [6.45, 7) is 6.73. The van der Waals surface area contributed by atoms with Gasteiger partial charge < -0.3 is 10.6 Å². The summed E-state index contributed by atoms with van der Waals surface area (Å²) in [5.74, 6) is 0.570. The van der Waals surface area contributed by atoms with Crippen molar-refractivity contribution in [2.24, 2.45) is 0 Å². The van der Waals surface area contributed by atoms with Gasteiger partial charge in [-0.05, 0) is 44.0 Å². The second kappa shape index (κ2) is 6.83. The van der Waals surface area contributed by atoms with E-state index in [1.54, 1.807) is 24.5 Å². The van der Waals surface area contributed by atoms with Crippen LogP contribution in [0.25, 0.3) is 0 Å². The monoisotopic (exact) mass is 284 g/mol. The zero-order valence-corrected chi connectivity index (χ0v) is 12.6. The molecule has 5 heteroatoms. The molecule has 0 aliphatic heterocycles. The summed E-state index contributed by atoms with van der Waals surface area (Å²) in [7, 11) is 0. The molecule has 21 heavy (non-hydrogen) atoms. The number of rotatable bonds is 5. The lowest BCUT2D eigenvalue weighted by molar-refractivity contribution is 0.102. The van der Waals surface area contributed by atoms with E-state index in [2.05, 4.69) is 27.5 Å². The number of aryl methyl sites for hydroxylation is 2. The Hall–Kier alpha value is -2.43. The van der Waals surface area contributed by atoms with Gasteiger partial charge in [0.15, 0.2) is 0 Å². The van der Waals surface area contributed by atoms with E-state index in [1.807, 2.05) is 19.9 Å². The molecule has 1 amide bonds. The average Bonchev–Trinajstić information content (AvgIpc) is 2.47. The lowest BCUT2D eigenvalue weighted by Gasteiger charge is -2.10. The van der Waals surface area contributed by atoms with Crippen LogP contribution in [0.1, 0.15) is 35.0 Å². The number of hydrogen-bond acceptors (Lipinski definition) is 4. The van der Waals surface area contributed by atoms with E-state index in [1.165, 1.54) is 0 Å². The Morgan fingerprint density at radius 1 is 1.29 bits per heavy atom. The Labute approximate surface area is 124 Å². The van der Waals surface area contributed by atoms with Crippen LogP contribution in [0.3, 0.4) is 0 Å². The topological polar surface area (TPSA) is 66.9 Å². The summed E-state index contributed by atoms with van der Waals surface area (Å²) in [5.41, 5.74) is 3.10. The van der Waals surface area contributed by atoms with Gasteiger partial charge in [-0.2, -0.15) is 0 Å². The van der Waals surface area contributed by atoms with Crippen LogP contribution in [0.2, 0.25) is 0 Å². The SMILES string of the molecule is CCCNc1cc(C(=O)Nc2cnccc2C)cc(C)n1. The number of aromatic nitrogens is 2. The van der Waals surface area contributed by atoms with Crippen LogP contribution in [0, 0.1) is 13.8 Å². The second-order valence-corrected chi connectivity index (χ2v) is 4.95. The lowest BCUT2D eigenvalue weighted by Crippen LogP contribution is -2.14. The van der Waals surface area contributed by atoms with Crippen molar-refractivity contribution in [2.45, 2.75) is 27.2 Å². The van der Waals surface area contributed by atoms with Crippen LogP contribution in [0.5, 0.6) is 0 Å². The third-order valence-corrected chi connectivity index (χ3v) is 3.06. The molecule has 0 aliphatic carbocycles. The van der Waals surface area contributed by atoms with Crippen LogP contribution in [-0.4, -0.2) is 22.4 Å². The van der Waals surface area contributed by atoms with Crippen LogP contribution in [0.4, 0.5) is 11.5 Å². The molecule has 0 saturated carbocycles. The zero-order chi connectivity index (χ0) is 15.2. The van der Waals surface area contributed by atoms with Crippen molar-refractivity contribution >= 4 is 17.4 Å². The first-order valence-corrected chi connectivity index (χ1v) is 7.04. The average molecular weight is 284 g/mol. The molecule has 0 saturated heterocycles. The highest BCUT2D eigenvalue weighted by atomic mass is 16.1. The molecule has 2 aromatic heterocycles. The fourth-order valence-electron chi connectivity index (χ4n) is 1.93. The minimum Gasteiger partial charge on any atom is -0.370 e. The van der Waals surface area contributed by atoms with Gasteiger partial charge >= 0.3 is 0 Å². The van der Waals surface area contributed by atoms with Crippen molar-refractivity contribution in [2.75, 3.05) is 17.2 Å². The van der Waals surface area contributed by atoms with E-state index in [0.717, 1.165) is 35.7 Å².